The minimum absolute atomic E-state index is 0.227. The van der Waals surface area contributed by atoms with E-state index in [4.69, 9.17) is 14.7 Å². The summed E-state index contributed by atoms with van der Waals surface area (Å²) in [6.45, 7) is 0.0342. The Bertz CT molecular complexity index is 327. The van der Waals surface area contributed by atoms with Gasteiger partial charge >= 0.3 is 5.97 Å². The Balaban J connectivity index is 2.39. The average molecular weight is 211 g/mol. The number of para-hydroxylation sites is 1. The van der Waals surface area contributed by atoms with Crippen LogP contribution in [0.5, 0.6) is 5.75 Å². The van der Waals surface area contributed by atoms with E-state index in [0.717, 1.165) is 11.3 Å². The molecule has 1 aromatic carbocycles. The van der Waals surface area contributed by atoms with Crippen molar-refractivity contribution < 1.29 is 19.5 Å². The smallest absolute Gasteiger partial charge is 0.319 e. The van der Waals surface area contributed by atoms with Crippen LogP contribution in [0.1, 0.15) is 5.56 Å². The Labute approximate surface area is 87.6 Å². The van der Waals surface area contributed by atoms with Crippen LogP contribution >= 0.6 is 0 Å². The van der Waals surface area contributed by atoms with Crippen molar-refractivity contribution in [3.63, 3.8) is 0 Å². The van der Waals surface area contributed by atoms with Crippen LogP contribution in [0.15, 0.2) is 24.3 Å². The van der Waals surface area contributed by atoms with E-state index in [1.165, 1.54) is 0 Å². The number of carboxylic acid groups (broad SMARTS) is 1. The van der Waals surface area contributed by atoms with Crippen molar-refractivity contribution in [2.24, 2.45) is 0 Å². The van der Waals surface area contributed by atoms with Crippen LogP contribution in [0.4, 0.5) is 0 Å². The second-order valence-corrected chi connectivity index (χ2v) is 2.82. The van der Waals surface area contributed by atoms with Crippen molar-refractivity contribution in [1.29, 1.82) is 0 Å². The first-order valence-corrected chi connectivity index (χ1v) is 4.42. The van der Waals surface area contributed by atoms with Gasteiger partial charge in [-0.15, -0.1) is 0 Å². The number of nitrogens with one attached hydrogen (secondary N) is 1. The predicted molar refractivity (Wildman–Crippen MR) is 53.4 cm³/mol. The molecule has 82 valence electrons. The molecule has 0 aliphatic carbocycles. The predicted octanol–water partition coefficient (Wildman–Crippen LogP) is 0.801. The molecule has 0 amide bonds. The highest BCUT2D eigenvalue weighted by molar-refractivity contribution is 5.68. The van der Waals surface area contributed by atoms with Crippen LogP contribution in [0.2, 0.25) is 0 Å². The van der Waals surface area contributed by atoms with Crippen molar-refractivity contribution in [2.75, 3.05) is 13.7 Å². The van der Waals surface area contributed by atoms with Gasteiger partial charge in [-0.25, -0.2) is 0 Å². The summed E-state index contributed by atoms with van der Waals surface area (Å²) in [6, 6.07) is 7.38. The average Bonchev–Trinajstić information content (AvgIpc) is 2.24. The molecule has 0 atom stereocenters. The molecule has 5 nitrogen and oxygen atoms in total. The summed E-state index contributed by atoms with van der Waals surface area (Å²) < 4.78 is 5.10. The quantitative estimate of drug-likeness (QED) is 0.538. The molecule has 0 fully saturated rings. The summed E-state index contributed by atoms with van der Waals surface area (Å²) in [5, 5.41) is 8.34. The Morgan fingerprint density at radius 1 is 1.47 bits per heavy atom. The molecule has 0 aromatic heterocycles. The highest BCUT2D eigenvalue weighted by atomic mass is 16.6. The van der Waals surface area contributed by atoms with Crippen molar-refractivity contribution >= 4 is 5.97 Å². The lowest BCUT2D eigenvalue weighted by atomic mass is 10.2. The Morgan fingerprint density at radius 3 is 2.87 bits per heavy atom. The van der Waals surface area contributed by atoms with Gasteiger partial charge in [0.1, 0.15) is 12.3 Å². The number of methoxy groups -OCH3 is 1. The van der Waals surface area contributed by atoms with Gasteiger partial charge in [0.2, 0.25) is 0 Å². The lowest BCUT2D eigenvalue weighted by Crippen LogP contribution is -2.22. The van der Waals surface area contributed by atoms with E-state index >= 15 is 0 Å². The molecular formula is C10H13NO4. The summed E-state index contributed by atoms with van der Waals surface area (Å²) in [5.41, 5.74) is 3.19. The minimum Gasteiger partial charge on any atom is -0.496 e. The third kappa shape index (κ3) is 3.97. The standard InChI is InChI=1S/C10H13NO4/c1-14-9-5-3-2-4-8(9)7-15-11-6-10(12)13/h2-5,11H,6-7H2,1H3,(H,12,13). The van der Waals surface area contributed by atoms with Gasteiger partial charge in [0.05, 0.1) is 13.7 Å². The van der Waals surface area contributed by atoms with Crippen LogP contribution in [-0.2, 0) is 16.2 Å². The maximum atomic E-state index is 10.2. The molecule has 5 heteroatoms. The molecule has 1 aromatic rings. The lowest BCUT2D eigenvalue weighted by molar-refractivity contribution is -0.139. The molecule has 15 heavy (non-hydrogen) atoms. The minimum atomic E-state index is -0.963. The zero-order valence-electron chi connectivity index (χ0n) is 8.40. The van der Waals surface area contributed by atoms with Gasteiger partial charge in [0.15, 0.2) is 0 Å². The number of carbonyl (C=O) groups is 1. The fraction of sp³-hybridized carbons (Fsp3) is 0.300. The fourth-order valence-corrected chi connectivity index (χ4v) is 1.06. The number of aliphatic carboxylic acids is 1. The van der Waals surface area contributed by atoms with E-state index in [2.05, 4.69) is 5.48 Å². The molecule has 0 radical (unpaired) electrons. The van der Waals surface area contributed by atoms with Crippen LogP contribution in [-0.4, -0.2) is 24.7 Å². The van der Waals surface area contributed by atoms with Crippen molar-refractivity contribution in [2.45, 2.75) is 6.61 Å². The zero-order valence-corrected chi connectivity index (χ0v) is 8.40. The van der Waals surface area contributed by atoms with E-state index in [1.807, 2.05) is 24.3 Å². The SMILES string of the molecule is COc1ccccc1CONCC(=O)O. The molecule has 0 spiro atoms. The van der Waals surface area contributed by atoms with E-state index in [-0.39, 0.29) is 13.2 Å². The first-order chi connectivity index (χ1) is 7.24. The van der Waals surface area contributed by atoms with Gasteiger partial charge in [0.25, 0.3) is 0 Å². The molecular weight excluding hydrogens is 198 g/mol. The molecule has 0 aliphatic rings. The monoisotopic (exact) mass is 211 g/mol. The van der Waals surface area contributed by atoms with Gasteiger partial charge in [-0.05, 0) is 6.07 Å². The number of hydrogen-bond donors (Lipinski definition) is 2. The molecule has 0 unspecified atom stereocenters. The lowest BCUT2D eigenvalue weighted by Gasteiger charge is -2.08. The van der Waals surface area contributed by atoms with Crippen molar-refractivity contribution in [3.05, 3.63) is 29.8 Å². The van der Waals surface area contributed by atoms with Gasteiger partial charge in [-0.3, -0.25) is 9.63 Å². The third-order valence-electron chi connectivity index (χ3n) is 1.75. The van der Waals surface area contributed by atoms with Gasteiger partial charge in [-0.2, -0.15) is 5.48 Å². The highest BCUT2D eigenvalue weighted by Crippen LogP contribution is 2.17. The zero-order chi connectivity index (χ0) is 11.1. The molecule has 0 saturated carbocycles. The van der Waals surface area contributed by atoms with Crippen LogP contribution in [0, 0.1) is 0 Å². The molecule has 0 bridgehead atoms. The van der Waals surface area contributed by atoms with E-state index in [9.17, 15) is 4.79 Å². The highest BCUT2D eigenvalue weighted by Gasteiger charge is 2.01. The maximum Gasteiger partial charge on any atom is 0.319 e. The van der Waals surface area contributed by atoms with Gasteiger partial charge in [-0.1, -0.05) is 18.2 Å². The summed E-state index contributed by atoms with van der Waals surface area (Å²) in [6.07, 6.45) is 0. The number of benzene rings is 1. The van der Waals surface area contributed by atoms with Crippen LogP contribution < -0.4 is 10.2 Å². The van der Waals surface area contributed by atoms with Gasteiger partial charge < -0.3 is 9.84 Å². The molecule has 0 saturated heterocycles. The van der Waals surface area contributed by atoms with Gasteiger partial charge in [0, 0.05) is 5.56 Å². The van der Waals surface area contributed by atoms with Crippen LogP contribution in [0.25, 0.3) is 0 Å². The summed E-state index contributed by atoms with van der Waals surface area (Å²) in [5.74, 6) is -0.246. The second kappa shape index (κ2) is 6.00. The normalized spacial score (nSPS) is 9.93. The Hall–Kier alpha value is -1.59. The van der Waals surface area contributed by atoms with Crippen molar-refractivity contribution in [1.82, 2.24) is 5.48 Å². The molecule has 0 heterocycles. The topological polar surface area (TPSA) is 67.8 Å². The van der Waals surface area contributed by atoms with Crippen LogP contribution in [0.3, 0.4) is 0 Å². The first kappa shape index (κ1) is 11.5. The fourth-order valence-electron chi connectivity index (χ4n) is 1.06. The Morgan fingerprint density at radius 2 is 2.20 bits per heavy atom. The maximum absolute atomic E-state index is 10.2. The third-order valence-corrected chi connectivity index (χ3v) is 1.75. The number of hydrogen-bond acceptors (Lipinski definition) is 4. The second-order valence-electron chi connectivity index (χ2n) is 2.82. The first-order valence-electron chi connectivity index (χ1n) is 4.42. The number of carboxylic acids is 1. The van der Waals surface area contributed by atoms with Crippen molar-refractivity contribution in [3.8, 4) is 5.75 Å². The Kier molecular flexibility index (Phi) is 4.59. The summed E-state index contributed by atoms with van der Waals surface area (Å²) in [4.78, 5) is 15.1. The number of ether oxygens (including phenoxy) is 1. The largest absolute Gasteiger partial charge is 0.496 e. The number of rotatable bonds is 6. The molecule has 2 N–H and O–H groups in total. The summed E-state index contributed by atoms with van der Waals surface area (Å²) >= 11 is 0. The van der Waals surface area contributed by atoms with E-state index in [0.29, 0.717) is 0 Å². The molecule has 1 rings (SSSR count). The summed E-state index contributed by atoms with van der Waals surface area (Å²) in [7, 11) is 1.57. The molecule has 0 aliphatic heterocycles. The number of hydroxylamine groups is 1. The van der Waals surface area contributed by atoms with E-state index in [1.54, 1.807) is 7.11 Å². The van der Waals surface area contributed by atoms with E-state index < -0.39 is 5.97 Å².